The molecule has 0 spiro atoms. The van der Waals surface area contributed by atoms with Crippen LogP contribution in [0.1, 0.15) is 19.4 Å². The van der Waals surface area contributed by atoms with Gasteiger partial charge in [-0.2, -0.15) is 11.3 Å². The third-order valence-corrected chi connectivity index (χ3v) is 2.65. The highest BCUT2D eigenvalue weighted by Crippen LogP contribution is 2.06. The van der Waals surface area contributed by atoms with E-state index in [0.717, 1.165) is 13.0 Å². The molecule has 0 aromatic carbocycles. The summed E-state index contributed by atoms with van der Waals surface area (Å²) in [5, 5.41) is 7.59. The van der Waals surface area contributed by atoms with E-state index in [2.05, 4.69) is 28.1 Å². The van der Waals surface area contributed by atoms with Crippen molar-refractivity contribution in [1.29, 1.82) is 0 Å². The lowest BCUT2D eigenvalue weighted by Gasteiger charge is -2.19. The molecule has 0 saturated heterocycles. The molecule has 1 aromatic rings. The smallest absolute Gasteiger partial charge is 0.0741 e. The lowest BCUT2D eigenvalue weighted by molar-refractivity contribution is 0.496. The quantitative estimate of drug-likeness (QED) is 0.723. The molecule has 0 aliphatic rings. The fourth-order valence-electron chi connectivity index (χ4n) is 1.01. The Morgan fingerprint density at radius 3 is 2.92 bits per heavy atom. The summed E-state index contributed by atoms with van der Waals surface area (Å²) in [6.45, 7) is 4.97. The molecule has 0 aliphatic carbocycles. The van der Waals surface area contributed by atoms with Crippen molar-refractivity contribution < 1.29 is 0 Å². The Morgan fingerprint density at radius 1 is 1.62 bits per heavy atom. The number of rotatable bonds is 4. The number of hydrogen-bond donors (Lipinski definition) is 1. The van der Waals surface area contributed by atoms with Gasteiger partial charge in [0.25, 0.3) is 0 Å². The zero-order valence-electron chi connectivity index (χ0n) is 8.13. The summed E-state index contributed by atoms with van der Waals surface area (Å²) in [4.78, 5) is 0. The van der Waals surface area contributed by atoms with E-state index >= 15 is 0 Å². The summed E-state index contributed by atoms with van der Waals surface area (Å²) in [5.74, 6) is 2.71. The molecule has 1 rings (SSSR count). The molecule has 13 heavy (non-hydrogen) atoms. The summed E-state index contributed by atoms with van der Waals surface area (Å²) in [6, 6.07) is 2.15. The van der Waals surface area contributed by atoms with Gasteiger partial charge in [0.15, 0.2) is 0 Å². The summed E-state index contributed by atoms with van der Waals surface area (Å²) in [5.41, 5.74) is 1.20. The molecule has 0 saturated carbocycles. The van der Waals surface area contributed by atoms with Gasteiger partial charge < -0.3 is 5.32 Å². The van der Waals surface area contributed by atoms with Gasteiger partial charge in [-0.1, -0.05) is 5.92 Å². The van der Waals surface area contributed by atoms with Crippen LogP contribution in [-0.4, -0.2) is 12.1 Å². The minimum absolute atomic E-state index is 0.185. The van der Waals surface area contributed by atoms with Crippen LogP contribution in [0.4, 0.5) is 0 Å². The van der Waals surface area contributed by atoms with Crippen molar-refractivity contribution in [3.63, 3.8) is 0 Å². The van der Waals surface area contributed by atoms with Crippen LogP contribution in [0.2, 0.25) is 0 Å². The van der Waals surface area contributed by atoms with Crippen LogP contribution in [0.5, 0.6) is 0 Å². The molecule has 0 aliphatic heterocycles. The Bertz CT molecular complexity index is 280. The molecule has 1 heterocycles. The first-order valence-electron chi connectivity index (χ1n) is 4.38. The first-order valence-corrected chi connectivity index (χ1v) is 5.32. The van der Waals surface area contributed by atoms with Crippen molar-refractivity contribution in [3.8, 4) is 12.3 Å². The molecule has 2 heteroatoms. The van der Waals surface area contributed by atoms with Crippen LogP contribution in [0.25, 0.3) is 0 Å². The number of terminal acetylenes is 1. The summed E-state index contributed by atoms with van der Waals surface area (Å²) >= 11 is 1.74. The molecule has 70 valence electrons. The Balaban J connectivity index is 2.26. The van der Waals surface area contributed by atoms with E-state index in [1.807, 2.05) is 13.8 Å². The fraction of sp³-hybridized carbons (Fsp3) is 0.455. The second kappa shape index (κ2) is 4.45. The van der Waals surface area contributed by atoms with E-state index in [1.165, 1.54) is 5.56 Å². The van der Waals surface area contributed by atoms with E-state index < -0.39 is 0 Å². The minimum Gasteiger partial charge on any atom is -0.301 e. The monoisotopic (exact) mass is 193 g/mol. The predicted molar refractivity (Wildman–Crippen MR) is 58.9 cm³/mol. The SMILES string of the molecule is C#CC(C)(C)NCCc1ccsc1. The maximum absolute atomic E-state index is 5.36. The van der Waals surface area contributed by atoms with Crippen LogP contribution in [0.3, 0.4) is 0 Å². The van der Waals surface area contributed by atoms with Crippen molar-refractivity contribution in [2.45, 2.75) is 25.8 Å². The van der Waals surface area contributed by atoms with E-state index in [9.17, 15) is 0 Å². The molecule has 1 aromatic heterocycles. The van der Waals surface area contributed by atoms with E-state index in [1.54, 1.807) is 11.3 Å². The first-order chi connectivity index (χ1) is 6.14. The lowest BCUT2D eigenvalue weighted by Crippen LogP contribution is -2.38. The van der Waals surface area contributed by atoms with Gasteiger partial charge in [-0.25, -0.2) is 0 Å². The van der Waals surface area contributed by atoms with Crippen LogP contribution >= 0.6 is 11.3 Å². The third kappa shape index (κ3) is 3.63. The predicted octanol–water partition coefficient (Wildman–Crippen LogP) is 2.29. The zero-order valence-corrected chi connectivity index (χ0v) is 8.95. The Labute approximate surface area is 84.2 Å². The average molecular weight is 193 g/mol. The molecule has 0 fully saturated rings. The Kier molecular flexibility index (Phi) is 3.53. The number of nitrogens with one attached hydrogen (secondary N) is 1. The molecule has 1 N–H and O–H groups in total. The molecule has 0 amide bonds. The van der Waals surface area contributed by atoms with Crippen LogP contribution < -0.4 is 5.32 Å². The van der Waals surface area contributed by atoms with Gasteiger partial charge in [0.1, 0.15) is 0 Å². The van der Waals surface area contributed by atoms with Gasteiger partial charge in [-0.3, -0.25) is 0 Å². The normalized spacial score (nSPS) is 11.2. The average Bonchev–Trinajstić information content (AvgIpc) is 2.57. The molecular formula is C11H15NS. The van der Waals surface area contributed by atoms with Gasteiger partial charge in [-0.05, 0) is 42.7 Å². The second-order valence-electron chi connectivity index (χ2n) is 3.58. The lowest BCUT2D eigenvalue weighted by atomic mass is 10.1. The highest BCUT2D eigenvalue weighted by Gasteiger charge is 2.11. The molecule has 0 unspecified atom stereocenters. The van der Waals surface area contributed by atoms with Crippen molar-refractivity contribution >= 4 is 11.3 Å². The van der Waals surface area contributed by atoms with Crippen molar-refractivity contribution in [2.24, 2.45) is 0 Å². The van der Waals surface area contributed by atoms with Gasteiger partial charge in [-0.15, -0.1) is 6.42 Å². The third-order valence-electron chi connectivity index (χ3n) is 1.92. The van der Waals surface area contributed by atoms with Gasteiger partial charge in [0, 0.05) is 6.54 Å². The Morgan fingerprint density at radius 2 is 2.38 bits per heavy atom. The van der Waals surface area contributed by atoms with E-state index in [4.69, 9.17) is 6.42 Å². The van der Waals surface area contributed by atoms with Crippen molar-refractivity contribution in [1.82, 2.24) is 5.32 Å². The molecular weight excluding hydrogens is 178 g/mol. The summed E-state index contributed by atoms with van der Waals surface area (Å²) in [6.07, 6.45) is 6.41. The molecule has 0 atom stereocenters. The summed E-state index contributed by atoms with van der Waals surface area (Å²) in [7, 11) is 0. The van der Waals surface area contributed by atoms with Crippen LogP contribution in [0, 0.1) is 12.3 Å². The van der Waals surface area contributed by atoms with E-state index in [0.29, 0.717) is 0 Å². The zero-order chi connectivity index (χ0) is 9.73. The number of thiophene rings is 1. The fourth-order valence-corrected chi connectivity index (χ4v) is 1.71. The standard InChI is InChI=1S/C11H15NS/c1-4-11(2,3)12-7-5-10-6-8-13-9-10/h1,6,8-9,12H,5,7H2,2-3H3. The van der Waals surface area contributed by atoms with Crippen LogP contribution in [0.15, 0.2) is 16.8 Å². The van der Waals surface area contributed by atoms with E-state index in [-0.39, 0.29) is 5.54 Å². The van der Waals surface area contributed by atoms with Gasteiger partial charge in [0.2, 0.25) is 0 Å². The number of hydrogen-bond acceptors (Lipinski definition) is 2. The summed E-state index contributed by atoms with van der Waals surface area (Å²) < 4.78 is 0. The van der Waals surface area contributed by atoms with Gasteiger partial charge >= 0.3 is 0 Å². The minimum atomic E-state index is -0.185. The molecule has 1 nitrogen and oxygen atoms in total. The highest BCUT2D eigenvalue weighted by atomic mass is 32.1. The maximum atomic E-state index is 5.36. The van der Waals surface area contributed by atoms with Crippen molar-refractivity contribution in [3.05, 3.63) is 22.4 Å². The topological polar surface area (TPSA) is 12.0 Å². The molecule has 0 radical (unpaired) electrons. The van der Waals surface area contributed by atoms with Crippen LogP contribution in [-0.2, 0) is 6.42 Å². The van der Waals surface area contributed by atoms with Crippen molar-refractivity contribution in [2.75, 3.05) is 6.54 Å². The Hall–Kier alpha value is -0.780. The maximum Gasteiger partial charge on any atom is 0.0741 e. The molecule has 0 bridgehead atoms. The first kappa shape index (κ1) is 10.3. The van der Waals surface area contributed by atoms with Gasteiger partial charge in [0.05, 0.1) is 5.54 Å². The largest absolute Gasteiger partial charge is 0.301 e. The second-order valence-corrected chi connectivity index (χ2v) is 4.36. The highest BCUT2D eigenvalue weighted by molar-refractivity contribution is 7.07.